The van der Waals surface area contributed by atoms with Crippen LogP contribution in [0.2, 0.25) is 0 Å². The Balaban J connectivity index is 0.000000298. The molecule has 0 saturated heterocycles. The lowest BCUT2D eigenvalue weighted by Crippen LogP contribution is -2.27. The Hall–Kier alpha value is -2.84. The van der Waals surface area contributed by atoms with Gasteiger partial charge < -0.3 is 15.0 Å². The van der Waals surface area contributed by atoms with Gasteiger partial charge in [-0.05, 0) is 18.4 Å². The lowest BCUT2D eigenvalue weighted by Gasteiger charge is -2.11. The molecule has 0 spiro atoms. The number of fused-ring (bicyclic) bond motifs is 1. The Labute approximate surface area is 147 Å². The first-order valence-corrected chi connectivity index (χ1v) is 7.91. The van der Waals surface area contributed by atoms with E-state index >= 15 is 0 Å². The summed E-state index contributed by atoms with van der Waals surface area (Å²) in [6.07, 6.45) is 0.878. The number of aromatic nitrogens is 2. The van der Waals surface area contributed by atoms with Gasteiger partial charge in [-0.25, -0.2) is 9.78 Å². The number of hydrogen-bond acceptors (Lipinski definition) is 3. The van der Waals surface area contributed by atoms with Crippen molar-refractivity contribution in [2.75, 3.05) is 0 Å². The molecule has 1 atom stereocenters. The molecule has 0 aliphatic carbocycles. The van der Waals surface area contributed by atoms with E-state index in [1.54, 1.807) is 0 Å². The van der Waals surface area contributed by atoms with E-state index in [9.17, 15) is 18.0 Å². The van der Waals surface area contributed by atoms with Crippen LogP contribution in [0.1, 0.15) is 30.1 Å². The van der Waals surface area contributed by atoms with Crippen LogP contribution in [0.5, 0.6) is 0 Å². The van der Waals surface area contributed by atoms with Gasteiger partial charge in [0, 0.05) is 13.0 Å². The number of aryl methyl sites for hydroxylation is 2. The van der Waals surface area contributed by atoms with Crippen LogP contribution < -0.4 is 5.32 Å². The quantitative estimate of drug-likeness (QED) is 0.868. The van der Waals surface area contributed by atoms with E-state index in [4.69, 9.17) is 9.90 Å². The third kappa shape index (κ3) is 5.61. The Kier molecular flexibility index (Phi) is 6.37. The Morgan fingerprint density at radius 3 is 2.54 bits per heavy atom. The summed E-state index contributed by atoms with van der Waals surface area (Å²) in [7, 11) is 0. The summed E-state index contributed by atoms with van der Waals surface area (Å²) < 4.78 is 33.8. The summed E-state index contributed by atoms with van der Waals surface area (Å²) in [5, 5.41) is 10.2. The van der Waals surface area contributed by atoms with Crippen LogP contribution in [0.3, 0.4) is 0 Å². The highest BCUT2D eigenvalue weighted by molar-refractivity contribution is 5.76. The first kappa shape index (κ1) is 19.5. The van der Waals surface area contributed by atoms with Gasteiger partial charge in [-0.1, -0.05) is 30.3 Å². The van der Waals surface area contributed by atoms with Crippen molar-refractivity contribution in [3.63, 3.8) is 0 Å². The normalized spacial score (nSPS) is 15.6. The molecule has 1 unspecified atom stereocenters. The second-order valence-corrected chi connectivity index (χ2v) is 5.71. The Morgan fingerprint density at radius 2 is 1.92 bits per heavy atom. The number of hydrogen-bond donors (Lipinski definition) is 2. The van der Waals surface area contributed by atoms with Crippen LogP contribution in [0.15, 0.2) is 42.9 Å². The molecule has 140 valence electrons. The average molecular weight is 369 g/mol. The fourth-order valence-electron chi connectivity index (χ4n) is 2.54. The van der Waals surface area contributed by atoms with E-state index in [0.717, 1.165) is 25.1 Å². The van der Waals surface area contributed by atoms with Crippen molar-refractivity contribution in [1.29, 1.82) is 0 Å². The number of carbonyl (C=O) groups excluding carboxylic acids is 1. The third-order valence-corrected chi connectivity index (χ3v) is 3.82. The number of benzene rings is 1. The van der Waals surface area contributed by atoms with Crippen molar-refractivity contribution in [2.24, 2.45) is 0 Å². The van der Waals surface area contributed by atoms with E-state index in [1.165, 1.54) is 5.56 Å². The number of halogens is 3. The van der Waals surface area contributed by atoms with Crippen LogP contribution >= 0.6 is 0 Å². The fraction of sp³-hybridized carbons (Fsp3) is 0.353. The zero-order valence-corrected chi connectivity index (χ0v) is 13.7. The number of carboxylic acids is 1. The van der Waals surface area contributed by atoms with Gasteiger partial charge in [-0.2, -0.15) is 13.2 Å². The summed E-state index contributed by atoms with van der Waals surface area (Å²) in [4.78, 5) is 25.0. The standard InChI is InChI=1S/C15H17N3O.C2HF3O2/c19-15(7-6-12-4-2-1-3-5-12)17-13-8-9-18-11-16-10-14(13)18;3-2(4,5)1(6)7/h1-5,10-11,13H,6-9H2,(H,17,19);(H,6,7). The number of carbonyl (C=O) groups is 2. The van der Waals surface area contributed by atoms with Crippen molar-refractivity contribution >= 4 is 11.9 Å². The molecule has 0 radical (unpaired) electrons. The minimum absolute atomic E-state index is 0.114. The molecule has 0 fully saturated rings. The smallest absolute Gasteiger partial charge is 0.475 e. The second kappa shape index (κ2) is 8.50. The molecule has 3 rings (SSSR count). The molecule has 6 nitrogen and oxygen atoms in total. The minimum Gasteiger partial charge on any atom is -0.475 e. The molecule has 1 amide bonds. The summed E-state index contributed by atoms with van der Waals surface area (Å²) >= 11 is 0. The topological polar surface area (TPSA) is 84.2 Å². The maximum Gasteiger partial charge on any atom is 0.490 e. The zero-order chi connectivity index (χ0) is 19.2. The second-order valence-electron chi connectivity index (χ2n) is 5.71. The molecular weight excluding hydrogens is 351 g/mol. The van der Waals surface area contributed by atoms with Gasteiger partial charge in [0.1, 0.15) is 0 Å². The van der Waals surface area contributed by atoms with Gasteiger partial charge in [0.25, 0.3) is 0 Å². The van der Waals surface area contributed by atoms with E-state index in [2.05, 4.69) is 27.0 Å². The molecular formula is C17H18F3N3O3. The molecule has 0 bridgehead atoms. The highest BCUT2D eigenvalue weighted by Crippen LogP contribution is 2.24. The molecule has 9 heteroatoms. The molecule has 1 aliphatic rings. The summed E-state index contributed by atoms with van der Waals surface area (Å²) in [6, 6.07) is 10.2. The summed E-state index contributed by atoms with van der Waals surface area (Å²) in [6.45, 7) is 0.943. The number of aliphatic carboxylic acids is 1. The number of rotatable bonds is 4. The first-order valence-electron chi connectivity index (χ1n) is 7.91. The minimum atomic E-state index is -5.08. The molecule has 2 aromatic rings. The molecule has 2 N–H and O–H groups in total. The molecule has 1 aliphatic heterocycles. The van der Waals surface area contributed by atoms with Crippen molar-refractivity contribution < 1.29 is 27.9 Å². The lowest BCUT2D eigenvalue weighted by molar-refractivity contribution is -0.192. The molecule has 26 heavy (non-hydrogen) atoms. The predicted octanol–water partition coefficient (Wildman–Crippen LogP) is 2.71. The number of nitrogens with zero attached hydrogens (tertiary/aromatic N) is 2. The van der Waals surface area contributed by atoms with Crippen LogP contribution in [-0.2, 0) is 22.6 Å². The molecule has 1 aromatic carbocycles. The first-order chi connectivity index (χ1) is 12.3. The number of nitrogens with one attached hydrogen (secondary N) is 1. The third-order valence-electron chi connectivity index (χ3n) is 3.82. The van der Waals surface area contributed by atoms with Gasteiger partial charge in [0.05, 0.1) is 24.3 Å². The largest absolute Gasteiger partial charge is 0.490 e. The van der Waals surface area contributed by atoms with Gasteiger partial charge in [0.2, 0.25) is 5.91 Å². The van der Waals surface area contributed by atoms with E-state index < -0.39 is 12.1 Å². The molecule has 0 saturated carbocycles. The predicted molar refractivity (Wildman–Crippen MR) is 86.2 cm³/mol. The summed E-state index contributed by atoms with van der Waals surface area (Å²) in [5.41, 5.74) is 2.32. The SMILES string of the molecule is O=C(CCc1ccccc1)NC1CCn2cncc21.O=C(O)C(F)(F)F. The average Bonchev–Trinajstić information content (AvgIpc) is 3.19. The number of carboxylic acid groups (broad SMARTS) is 1. The van der Waals surface area contributed by atoms with Crippen LogP contribution in [0, 0.1) is 0 Å². The van der Waals surface area contributed by atoms with Gasteiger partial charge >= 0.3 is 12.1 Å². The van der Waals surface area contributed by atoms with E-state index in [-0.39, 0.29) is 11.9 Å². The molecule has 1 aromatic heterocycles. The van der Waals surface area contributed by atoms with Crippen molar-refractivity contribution in [3.8, 4) is 0 Å². The van der Waals surface area contributed by atoms with Crippen LogP contribution in [0.4, 0.5) is 13.2 Å². The Morgan fingerprint density at radius 1 is 1.27 bits per heavy atom. The Bertz CT molecular complexity index is 744. The van der Waals surface area contributed by atoms with Crippen molar-refractivity contribution in [2.45, 2.75) is 38.0 Å². The van der Waals surface area contributed by atoms with Crippen molar-refractivity contribution in [1.82, 2.24) is 14.9 Å². The number of alkyl halides is 3. The van der Waals surface area contributed by atoms with E-state index in [0.29, 0.717) is 6.42 Å². The summed E-state index contributed by atoms with van der Waals surface area (Å²) in [5.74, 6) is -2.64. The lowest BCUT2D eigenvalue weighted by atomic mass is 10.1. The maximum absolute atomic E-state index is 12.0. The van der Waals surface area contributed by atoms with Gasteiger partial charge in [-0.3, -0.25) is 4.79 Å². The monoisotopic (exact) mass is 369 g/mol. The molecule has 2 heterocycles. The van der Waals surface area contributed by atoms with Gasteiger partial charge in [-0.15, -0.1) is 0 Å². The fourth-order valence-corrected chi connectivity index (χ4v) is 2.54. The number of amides is 1. The highest BCUT2D eigenvalue weighted by Gasteiger charge is 2.38. The maximum atomic E-state index is 12.0. The van der Waals surface area contributed by atoms with Crippen molar-refractivity contribution in [3.05, 3.63) is 54.1 Å². The highest BCUT2D eigenvalue weighted by atomic mass is 19.4. The van der Waals surface area contributed by atoms with E-state index in [1.807, 2.05) is 30.7 Å². The van der Waals surface area contributed by atoms with Crippen LogP contribution in [0.25, 0.3) is 0 Å². The van der Waals surface area contributed by atoms with Crippen LogP contribution in [-0.4, -0.2) is 32.7 Å². The zero-order valence-electron chi connectivity index (χ0n) is 13.7. The van der Waals surface area contributed by atoms with Gasteiger partial charge in [0.15, 0.2) is 0 Å². The number of imidazole rings is 1.